The van der Waals surface area contributed by atoms with Gasteiger partial charge in [-0.1, -0.05) is 9.69 Å². The lowest BCUT2D eigenvalue weighted by Gasteiger charge is -2.42. The summed E-state index contributed by atoms with van der Waals surface area (Å²) in [6.07, 6.45) is 3.68. The average Bonchev–Trinajstić information content (AvgIpc) is 2.78. The molecule has 1 spiro atoms. The van der Waals surface area contributed by atoms with Crippen LogP contribution < -0.4 is 5.32 Å². The Labute approximate surface area is 128 Å². The molecule has 2 N–H and O–H groups in total. The maximum atomic E-state index is 12.8. The van der Waals surface area contributed by atoms with E-state index in [1.54, 1.807) is 6.21 Å². The fourth-order valence-corrected chi connectivity index (χ4v) is 4.22. The molecule has 7 heteroatoms. The summed E-state index contributed by atoms with van der Waals surface area (Å²) in [5, 5.41) is 17.4. The van der Waals surface area contributed by atoms with Crippen molar-refractivity contribution in [2.24, 2.45) is 10.5 Å². The monoisotopic (exact) mass is 306 g/mol. The molecule has 4 rings (SSSR count). The number of nitrogens with zero attached hydrogens (tertiary/aromatic N) is 2. The largest absolute Gasteiger partial charge is 0.546 e. The van der Waals surface area contributed by atoms with Crippen molar-refractivity contribution in [1.29, 1.82) is 0 Å². The lowest BCUT2D eigenvalue weighted by molar-refractivity contribution is -0.857. The molecule has 0 saturated carbocycles. The molecule has 0 aromatic carbocycles. The number of piperidine rings is 1. The van der Waals surface area contributed by atoms with E-state index < -0.39 is 10.7 Å². The highest BCUT2D eigenvalue weighted by Gasteiger charge is 2.61. The summed E-state index contributed by atoms with van der Waals surface area (Å²) in [5.74, 6) is -0.0463. The van der Waals surface area contributed by atoms with Crippen molar-refractivity contribution in [3.8, 4) is 0 Å². The molecule has 0 aromatic heterocycles. The number of allylic oxidation sites excluding steroid dienone is 2. The Kier molecular flexibility index (Phi) is 3.01. The van der Waals surface area contributed by atoms with Gasteiger partial charge < -0.3 is 15.2 Å². The third-order valence-corrected chi connectivity index (χ3v) is 5.51. The highest BCUT2D eigenvalue weighted by molar-refractivity contribution is 6.04. The van der Waals surface area contributed by atoms with Gasteiger partial charge in [0, 0.05) is 12.0 Å². The van der Waals surface area contributed by atoms with E-state index in [-0.39, 0.29) is 17.2 Å². The van der Waals surface area contributed by atoms with Crippen LogP contribution in [-0.2, 0) is 9.53 Å². The molecule has 1 amide bonds. The van der Waals surface area contributed by atoms with Gasteiger partial charge in [-0.25, -0.2) is 0 Å². The Morgan fingerprint density at radius 3 is 2.68 bits per heavy atom. The summed E-state index contributed by atoms with van der Waals surface area (Å²) in [6, 6.07) is -0.285. The minimum Gasteiger partial charge on any atom is -0.433 e. The van der Waals surface area contributed by atoms with Gasteiger partial charge in [-0.05, 0) is 37.8 Å². The van der Waals surface area contributed by atoms with Crippen LogP contribution in [0.2, 0.25) is 0 Å². The molecule has 1 unspecified atom stereocenters. The van der Waals surface area contributed by atoms with Gasteiger partial charge in [0.1, 0.15) is 13.2 Å². The van der Waals surface area contributed by atoms with Crippen molar-refractivity contribution >= 4 is 18.1 Å². The fraction of sp³-hybridized carbons (Fsp3) is 0.667. The highest BCUT2D eigenvalue weighted by atomic mass is 16.5. The SMILES string of the molecule is O=C1CC2(CCNCC2)CC2=C1[N+](C(=O)O)(C1COC1)N=C2. The van der Waals surface area contributed by atoms with Crippen molar-refractivity contribution < 1.29 is 24.0 Å². The third-order valence-electron chi connectivity index (χ3n) is 5.51. The number of carboxylic acid groups (broad SMARTS) is 1. The molecule has 22 heavy (non-hydrogen) atoms. The first-order chi connectivity index (χ1) is 10.6. The summed E-state index contributed by atoms with van der Waals surface area (Å²) in [6.45, 7) is 2.51. The summed E-state index contributed by atoms with van der Waals surface area (Å²) < 4.78 is 4.56. The highest BCUT2D eigenvalue weighted by Crippen LogP contribution is 2.48. The molecular weight excluding hydrogens is 286 g/mol. The minimum absolute atomic E-state index is 0.0121. The normalized spacial score (nSPS) is 33.9. The first-order valence-electron chi connectivity index (χ1n) is 7.81. The number of Topliss-reactive ketones (excluding diaryl/α,β-unsaturated/α-hetero) is 1. The molecule has 2 fully saturated rings. The number of carbonyl (C=O) groups excluding carboxylic acids is 1. The topological polar surface area (TPSA) is 88.0 Å². The van der Waals surface area contributed by atoms with Gasteiger partial charge >= 0.3 is 6.09 Å². The summed E-state index contributed by atoms with van der Waals surface area (Å²) >= 11 is 0. The standard InChI is InChI=1S/C15H19N3O4/c19-12-6-15(1-3-16-4-2-15)5-10-7-17-18(13(10)12,14(20)21)11-8-22-9-11/h7,11,16H,1-6,8-9H2/p+1. The van der Waals surface area contributed by atoms with E-state index in [2.05, 4.69) is 10.4 Å². The van der Waals surface area contributed by atoms with Gasteiger partial charge in [0.25, 0.3) is 0 Å². The first-order valence-corrected chi connectivity index (χ1v) is 7.81. The number of hydrogen-bond donors (Lipinski definition) is 2. The second-order valence-corrected chi connectivity index (χ2v) is 6.80. The van der Waals surface area contributed by atoms with E-state index in [4.69, 9.17) is 4.74 Å². The number of ketones is 1. The maximum absolute atomic E-state index is 12.8. The Morgan fingerprint density at radius 2 is 2.09 bits per heavy atom. The molecule has 3 aliphatic heterocycles. The first kappa shape index (κ1) is 14.0. The van der Waals surface area contributed by atoms with Gasteiger partial charge in [-0.15, -0.1) is 0 Å². The van der Waals surface area contributed by atoms with E-state index in [1.165, 1.54) is 0 Å². The molecule has 0 aromatic rings. The van der Waals surface area contributed by atoms with Crippen LogP contribution in [0.25, 0.3) is 0 Å². The van der Waals surface area contributed by atoms with E-state index in [0.717, 1.165) is 37.9 Å². The second-order valence-electron chi connectivity index (χ2n) is 6.80. The van der Waals surface area contributed by atoms with Crippen molar-refractivity contribution in [3.05, 3.63) is 11.3 Å². The third kappa shape index (κ3) is 1.76. The second kappa shape index (κ2) is 4.71. The number of quaternary nitrogens is 1. The molecule has 7 nitrogen and oxygen atoms in total. The zero-order valence-corrected chi connectivity index (χ0v) is 12.4. The number of nitrogens with one attached hydrogen (secondary N) is 1. The van der Waals surface area contributed by atoms with Gasteiger partial charge in [-0.3, -0.25) is 4.79 Å². The summed E-state index contributed by atoms with van der Waals surface area (Å²) in [5.41, 5.74) is 1.19. The van der Waals surface area contributed by atoms with Crippen LogP contribution in [0.1, 0.15) is 25.7 Å². The predicted octanol–water partition coefficient (Wildman–Crippen LogP) is 0.866. The number of carbonyl (C=O) groups is 2. The van der Waals surface area contributed by atoms with Crippen molar-refractivity contribution in [2.45, 2.75) is 31.7 Å². The molecule has 0 bridgehead atoms. The molecule has 1 atom stereocenters. The van der Waals surface area contributed by atoms with E-state index in [9.17, 15) is 14.7 Å². The van der Waals surface area contributed by atoms with Crippen LogP contribution in [0.5, 0.6) is 0 Å². The van der Waals surface area contributed by atoms with Gasteiger partial charge in [0.05, 0.1) is 6.21 Å². The maximum Gasteiger partial charge on any atom is 0.546 e. The fourth-order valence-electron chi connectivity index (χ4n) is 4.22. The number of hydrogen-bond acceptors (Lipinski definition) is 5. The van der Waals surface area contributed by atoms with Crippen molar-refractivity contribution in [1.82, 2.24) is 5.32 Å². The molecule has 1 aliphatic carbocycles. The van der Waals surface area contributed by atoms with Gasteiger partial charge in [0.15, 0.2) is 6.04 Å². The molecule has 2 saturated heterocycles. The Balaban J connectivity index is 1.74. The van der Waals surface area contributed by atoms with E-state index >= 15 is 0 Å². The van der Waals surface area contributed by atoms with E-state index in [1.807, 2.05) is 0 Å². The van der Waals surface area contributed by atoms with Gasteiger partial charge in [0.2, 0.25) is 11.5 Å². The van der Waals surface area contributed by atoms with Crippen LogP contribution in [0, 0.1) is 5.41 Å². The Hall–Kier alpha value is -1.57. The number of ether oxygens (including phenoxy) is 1. The molecule has 3 heterocycles. The van der Waals surface area contributed by atoms with Crippen LogP contribution >= 0.6 is 0 Å². The minimum atomic E-state index is -1.08. The lowest BCUT2D eigenvalue weighted by Crippen LogP contribution is -2.62. The van der Waals surface area contributed by atoms with Crippen LogP contribution in [0.15, 0.2) is 16.4 Å². The van der Waals surface area contributed by atoms with Crippen molar-refractivity contribution in [3.63, 3.8) is 0 Å². The zero-order chi connectivity index (χ0) is 15.4. The van der Waals surface area contributed by atoms with Gasteiger partial charge in [-0.2, -0.15) is 4.79 Å². The predicted molar refractivity (Wildman–Crippen MR) is 77.2 cm³/mol. The van der Waals surface area contributed by atoms with Crippen LogP contribution in [0.3, 0.4) is 0 Å². The number of amides is 1. The smallest absolute Gasteiger partial charge is 0.433 e. The number of rotatable bonds is 1. The zero-order valence-electron chi connectivity index (χ0n) is 12.4. The Bertz CT molecular complexity index is 602. The average molecular weight is 306 g/mol. The molecule has 0 radical (unpaired) electrons. The van der Waals surface area contributed by atoms with Crippen LogP contribution in [-0.4, -0.2) is 60.1 Å². The molecule has 4 aliphatic rings. The molecule has 118 valence electrons. The Morgan fingerprint density at radius 1 is 1.36 bits per heavy atom. The van der Waals surface area contributed by atoms with E-state index in [0.29, 0.717) is 25.3 Å². The van der Waals surface area contributed by atoms with Crippen molar-refractivity contribution in [2.75, 3.05) is 26.3 Å². The summed E-state index contributed by atoms with van der Waals surface area (Å²) in [7, 11) is 0. The quantitative estimate of drug-likeness (QED) is 0.702. The summed E-state index contributed by atoms with van der Waals surface area (Å²) in [4.78, 5) is 24.8. The lowest BCUT2D eigenvalue weighted by atomic mass is 9.67. The molecular formula is C15H20N3O4+. The van der Waals surface area contributed by atoms with Crippen LogP contribution in [0.4, 0.5) is 4.79 Å².